The Balaban J connectivity index is 1.30. The van der Waals surface area contributed by atoms with E-state index in [2.05, 4.69) is 79.7 Å². The molecule has 1 aromatic carbocycles. The summed E-state index contributed by atoms with van der Waals surface area (Å²) in [5.41, 5.74) is 7.76. The molecular weight excluding hydrogens is 503 g/mol. The maximum atomic E-state index is 13.3. The molecule has 0 radical (unpaired) electrons. The zero-order valence-corrected chi connectivity index (χ0v) is 25.5. The molecule has 0 bridgehead atoms. The van der Waals surface area contributed by atoms with E-state index in [9.17, 15) is 4.79 Å². The van der Waals surface area contributed by atoms with Crippen molar-refractivity contribution >= 4 is 35.0 Å². The minimum atomic E-state index is -0.137. The number of fused-ring (bicyclic) bond motifs is 4. The van der Waals surface area contributed by atoms with Crippen molar-refractivity contribution < 1.29 is 4.79 Å². The molecule has 1 spiro atoms. The zero-order valence-electron chi connectivity index (χ0n) is 23.9. The summed E-state index contributed by atoms with van der Waals surface area (Å²) >= 11 is 4.38. The van der Waals surface area contributed by atoms with Crippen LogP contribution in [0.4, 0.5) is 5.69 Å². The van der Waals surface area contributed by atoms with Crippen molar-refractivity contribution in [1.82, 2.24) is 0 Å². The maximum absolute atomic E-state index is 13.3. The number of carbonyl (C=O) groups is 1. The fourth-order valence-electron chi connectivity index (χ4n) is 8.59. The molecule has 4 atom stereocenters. The van der Waals surface area contributed by atoms with Crippen LogP contribution in [0.5, 0.6) is 0 Å². The van der Waals surface area contributed by atoms with E-state index in [-0.39, 0.29) is 5.41 Å². The lowest BCUT2D eigenvalue weighted by Crippen LogP contribution is -2.43. The third-order valence-corrected chi connectivity index (χ3v) is 14.1. The molecule has 1 saturated heterocycles. The number of benzene rings is 1. The second-order valence-corrected chi connectivity index (χ2v) is 16.0. The first-order chi connectivity index (χ1) is 18.4. The highest BCUT2D eigenvalue weighted by molar-refractivity contribution is 8.21. The number of hydrogen-bond donors (Lipinski definition) is 0. The average molecular weight is 550 g/mol. The molecule has 6 rings (SSSR count). The second kappa shape index (κ2) is 11.0. The monoisotopic (exact) mass is 549 g/mol. The van der Waals surface area contributed by atoms with Gasteiger partial charge in [-0.3, -0.25) is 4.79 Å². The lowest BCUT2D eigenvalue weighted by Gasteiger charge is -2.51. The van der Waals surface area contributed by atoms with Gasteiger partial charge in [0, 0.05) is 48.5 Å². The van der Waals surface area contributed by atoms with E-state index in [0.717, 1.165) is 25.8 Å². The van der Waals surface area contributed by atoms with Gasteiger partial charge in [-0.1, -0.05) is 63.3 Å². The Morgan fingerprint density at radius 3 is 2.50 bits per heavy atom. The predicted octanol–water partition coefficient (Wildman–Crippen LogP) is 9.17. The summed E-state index contributed by atoms with van der Waals surface area (Å²) in [6.07, 6.45) is 17.2. The summed E-state index contributed by atoms with van der Waals surface area (Å²) in [5.74, 6) is 4.69. The maximum Gasteiger partial charge on any atom is 0.139 e. The van der Waals surface area contributed by atoms with Crippen molar-refractivity contribution in [1.29, 1.82) is 0 Å². The van der Waals surface area contributed by atoms with Gasteiger partial charge < -0.3 is 4.90 Å². The normalized spacial score (nSPS) is 31.7. The van der Waals surface area contributed by atoms with E-state index in [1.807, 2.05) is 0 Å². The summed E-state index contributed by atoms with van der Waals surface area (Å²) in [6.45, 7) is 5.74. The zero-order chi connectivity index (χ0) is 26.3. The van der Waals surface area contributed by atoms with Gasteiger partial charge in [-0.2, -0.15) is 0 Å². The van der Waals surface area contributed by atoms with Crippen molar-refractivity contribution in [2.75, 3.05) is 30.0 Å². The number of ketones is 1. The van der Waals surface area contributed by atoms with E-state index in [1.54, 1.807) is 16.7 Å². The number of anilines is 1. The first-order valence-corrected chi connectivity index (χ1v) is 17.5. The Labute approximate surface area is 239 Å². The fraction of sp³-hybridized carbons (Fsp3) is 0.676. The van der Waals surface area contributed by atoms with Crippen LogP contribution in [-0.4, -0.2) is 35.0 Å². The largest absolute Gasteiger partial charge is 0.375 e. The summed E-state index contributed by atoms with van der Waals surface area (Å²) in [6, 6.07) is 9.53. The summed E-state index contributed by atoms with van der Waals surface area (Å²) in [7, 11) is 2.24. The first-order valence-electron chi connectivity index (χ1n) is 15.5. The molecule has 2 saturated carbocycles. The van der Waals surface area contributed by atoms with Gasteiger partial charge in [0.15, 0.2) is 0 Å². The van der Waals surface area contributed by atoms with Gasteiger partial charge in [-0.05, 0) is 85.6 Å². The smallest absolute Gasteiger partial charge is 0.139 e. The van der Waals surface area contributed by atoms with E-state index in [0.29, 0.717) is 27.6 Å². The van der Waals surface area contributed by atoms with Gasteiger partial charge in [0.2, 0.25) is 0 Å². The van der Waals surface area contributed by atoms with Crippen molar-refractivity contribution in [3.8, 4) is 0 Å². The topological polar surface area (TPSA) is 20.3 Å². The first kappa shape index (κ1) is 27.1. The summed E-state index contributed by atoms with van der Waals surface area (Å²) in [4.78, 5) is 15.7. The number of thioether (sulfide) groups is 2. The van der Waals surface area contributed by atoms with Gasteiger partial charge in [-0.25, -0.2) is 0 Å². The summed E-state index contributed by atoms with van der Waals surface area (Å²) < 4.78 is 0.344. The number of hydrogen-bond acceptors (Lipinski definition) is 4. The van der Waals surface area contributed by atoms with Crippen LogP contribution in [0.2, 0.25) is 0 Å². The van der Waals surface area contributed by atoms with E-state index < -0.39 is 0 Å². The number of carbonyl (C=O) groups excluding carboxylic acids is 1. The molecule has 0 unspecified atom stereocenters. The van der Waals surface area contributed by atoms with Crippen LogP contribution in [0, 0.1) is 17.3 Å². The number of allylic oxidation sites excluding steroid dienone is 3. The average Bonchev–Trinajstić information content (AvgIpc) is 3.51. The van der Waals surface area contributed by atoms with E-state index in [1.165, 1.54) is 80.5 Å². The standard InChI is InChI=1S/C34H47NOS2/c1-4-5-6-7-8-19-35(3)26-12-9-24(10-13-26)29-23-33(2)30(15-16-31(33)36)28-14-11-25-22-34(37-20-21-38-34)18-17-27(25)32(28)29/h9-10,12-13,22,28-30H,4-8,11,14-21,23H2,1-3H3/t28-,29+,30-,33-/m0/s1. The van der Waals surface area contributed by atoms with Crippen LogP contribution in [0.15, 0.2) is 47.1 Å². The van der Waals surface area contributed by atoms with Crippen LogP contribution in [0.3, 0.4) is 0 Å². The Kier molecular flexibility index (Phi) is 7.86. The highest BCUT2D eigenvalue weighted by Gasteiger charge is 2.56. The molecule has 206 valence electrons. The van der Waals surface area contributed by atoms with Gasteiger partial charge in [0.05, 0.1) is 4.08 Å². The predicted molar refractivity (Wildman–Crippen MR) is 166 cm³/mol. The molecule has 1 aromatic rings. The third-order valence-electron chi connectivity index (χ3n) is 10.7. The molecule has 2 nitrogen and oxygen atoms in total. The van der Waals surface area contributed by atoms with E-state index >= 15 is 0 Å². The number of unbranched alkanes of at least 4 members (excludes halogenated alkanes) is 4. The van der Waals surface area contributed by atoms with E-state index in [4.69, 9.17) is 0 Å². The Morgan fingerprint density at radius 2 is 1.74 bits per heavy atom. The minimum Gasteiger partial charge on any atom is -0.375 e. The van der Waals surface area contributed by atoms with Gasteiger partial charge in [-0.15, -0.1) is 23.5 Å². The van der Waals surface area contributed by atoms with Gasteiger partial charge in [0.25, 0.3) is 0 Å². The highest BCUT2D eigenvalue weighted by Crippen LogP contribution is 2.64. The number of rotatable bonds is 8. The summed E-state index contributed by atoms with van der Waals surface area (Å²) in [5, 5.41) is 0. The van der Waals surface area contributed by atoms with Crippen molar-refractivity contribution in [2.24, 2.45) is 17.3 Å². The molecule has 1 aliphatic heterocycles. The van der Waals surface area contributed by atoms with Crippen molar-refractivity contribution in [2.45, 2.75) is 101 Å². The van der Waals surface area contributed by atoms with Crippen molar-refractivity contribution in [3.05, 3.63) is 52.6 Å². The van der Waals surface area contributed by atoms with Crippen molar-refractivity contribution in [3.63, 3.8) is 0 Å². The van der Waals surface area contributed by atoms with Crippen LogP contribution >= 0.6 is 23.5 Å². The number of nitrogens with zero attached hydrogens (tertiary/aromatic N) is 1. The van der Waals surface area contributed by atoms with Crippen LogP contribution in [0.25, 0.3) is 0 Å². The molecule has 1 heterocycles. The van der Waals surface area contributed by atoms with Crippen LogP contribution in [-0.2, 0) is 4.79 Å². The lowest BCUT2D eigenvalue weighted by molar-refractivity contribution is -0.128. The second-order valence-electron chi connectivity index (χ2n) is 12.9. The molecule has 4 heteroatoms. The van der Waals surface area contributed by atoms with Crippen LogP contribution < -0.4 is 4.90 Å². The lowest BCUT2D eigenvalue weighted by atomic mass is 9.53. The van der Waals surface area contributed by atoms with Crippen LogP contribution in [0.1, 0.15) is 102 Å². The Morgan fingerprint density at radius 1 is 0.974 bits per heavy atom. The Bertz CT molecular complexity index is 1100. The van der Waals surface area contributed by atoms with Gasteiger partial charge in [0.1, 0.15) is 5.78 Å². The molecule has 4 aliphatic carbocycles. The molecule has 38 heavy (non-hydrogen) atoms. The molecule has 0 aromatic heterocycles. The Hall–Kier alpha value is -1.13. The molecule has 3 fully saturated rings. The molecule has 0 amide bonds. The molecular formula is C34H47NOS2. The minimum absolute atomic E-state index is 0.137. The number of Topliss-reactive ketones (excluding diaryl/α,β-unsaturated/α-hetero) is 1. The quantitative estimate of drug-likeness (QED) is 0.301. The SMILES string of the molecule is CCCCCCCN(C)c1ccc([C@H]2C[C@]3(C)C(=O)CC[C@H]3[C@@H]3CCC4=CC5(CCC4=C32)SCCS5)cc1. The molecule has 5 aliphatic rings. The third kappa shape index (κ3) is 4.84. The molecule has 0 N–H and O–H groups in total. The fourth-order valence-corrected chi connectivity index (χ4v) is 11.7. The highest BCUT2D eigenvalue weighted by atomic mass is 32.2. The van der Waals surface area contributed by atoms with Gasteiger partial charge >= 0.3 is 0 Å².